The lowest BCUT2D eigenvalue weighted by Gasteiger charge is -2.22. The van der Waals surface area contributed by atoms with Gasteiger partial charge >= 0.3 is 5.97 Å². The van der Waals surface area contributed by atoms with Gasteiger partial charge in [-0.1, -0.05) is 65.8 Å². The van der Waals surface area contributed by atoms with Crippen molar-refractivity contribution in [2.75, 3.05) is 0 Å². The molecule has 0 radical (unpaired) electrons. The maximum Gasteiger partial charge on any atom is 0.323 e. The van der Waals surface area contributed by atoms with Crippen molar-refractivity contribution in [3.8, 4) is 11.5 Å². The minimum absolute atomic E-state index is 0.0273. The van der Waals surface area contributed by atoms with Gasteiger partial charge < -0.3 is 9.84 Å². The molecule has 0 spiro atoms. The number of phenols is 1. The minimum Gasteiger partial charge on any atom is -0.508 e. The highest BCUT2D eigenvalue weighted by Gasteiger charge is 2.37. The summed E-state index contributed by atoms with van der Waals surface area (Å²) in [5.41, 5.74) is 3.57. The van der Waals surface area contributed by atoms with E-state index in [-0.39, 0.29) is 22.5 Å². The van der Waals surface area contributed by atoms with Crippen molar-refractivity contribution in [2.24, 2.45) is 0 Å². The van der Waals surface area contributed by atoms with Crippen LogP contribution in [-0.2, 0) is 15.6 Å². The highest BCUT2D eigenvalue weighted by Crippen LogP contribution is 2.44. The number of hydrogen-bond donors (Lipinski definition) is 1. The molecule has 0 fully saturated rings. The Morgan fingerprint density at radius 2 is 1.36 bits per heavy atom. The van der Waals surface area contributed by atoms with Gasteiger partial charge in [-0.2, -0.15) is 0 Å². The van der Waals surface area contributed by atoms with E-state index in [1.165, 1.54) is 0 Å². The molecule has 1 aliphatic heterocycles. The Balaban J connectivity index is 2.16. The zero-order valence-corrected chi connectivity index (χ0v) is 15.8. The maximum absolute atomic E-state index is 12.6. The molecular formula is C22H26O3. The van der Waals surface area contributed by atoms with E-state index in [2.05, 4.69) is 41.5 Å². The van der Waals surface area contributed by atoms with Gasteiger partial charge in [0.25, 0.3) is 0 Å². The Kier molecular flexibility index (Phi) is 3.94. The van der Waals surface area contributed by atoms with E-state index in [0.29, 0.717) is 11.3 Å². The van der Waals surface area contributed by atoms with E-state index in [1.807, 2.05) is 30.3 Å². The lowest BCUT2D eigenvalue weighted by molar-refractivity contribution is -0.133. The minimum atomic E-state index is -0.584. The van der Waals surface area contributed by atoms with Crippen LogP contribution in [0.1, 0.15) is 69.7 Å². The molecule has 0 amide bonds. The fourth-order valence-corrected chi connectivity index (χ4v) is 3.17. The second-order valence-electron chi connectivity index (χ2n) is 8.88. The van der Waals surface area contributed by atoms with Crippen molar-refractivity contribution < 1.29 is 14.6 Å². The smallest absolute Gasteiger partial charge is 0.323 e. The Hall–Kier alpha value is -2.29. The van der Waals surface area contributed by atoms with Crippen molar-refractivity contribution >= 4 is 5.97 Å². The summed E-state index contributed by atoms with van der Waals surface area (Å²) in [5, 5.41) is 10.4. The van der Waals surface area contributed by atoms with Gasteiger partial charge in [0, 0.05) is 11.1 Å². The molecule has 3 rings (SSSR count). The molecule has 0 aliphatic carbocycles. The van der Waals surface area contributed by atoms with Gasteiger partial charge in [0.2, 0.25) is 0 Å². The van der Waals surface area contributed by atoms with Crippen LogP contribution < -0.4 is 4.74 Å². The highest BCUT2D eigenvalue weighted by molar-refractivity contribution is 5.90. The van der Waals surface area contributed by atoms with Crippen LogP contribution in [0.5, 0.6) is 11.5 Å². The zero-order chi connectivity index (χ0) is 18.6. The summed E-state index contributed by atoms with van der Waals surface area (Å²) < 4.78 is 5.47. The average Bonchev–Trinajstić information content (AvgIpc) is 2.80. The number of rotatable bonds is 1. The maximum atomic E-state index is 12.6. The highest BCUT2D eigenvalue weighted by atomic mass is 16.5. The van der Waals surface area contributed by atoms with Gasteiger partial charge in [0.1, 0.15) is 17.4 Å². The van der Waals surface area contributed by atoms with Gasteiger partial charge in [-0.3, -0.25) is 4.79 Å². The van der Waals surface area contributed by atoms with E-state index in [9.17, 15) is 9.90 Å². The number of hydrogen-bond acceptors (Lipinski definition) is 3. The predicted octanol–water partition coefficient (Wildman–Crippen LogP) is 5.04. The average molecular weight is 338 g/mol. The number of benzene rings is 2. The topological polar surface area (TPSA) is 46.5 Å². The van der Waals surface area contributed by atoms with Crippen LogP contribution in [-0.4, -0.2) is 11.1 Å². The number of phenolic OH excluding ortho intramolecular Hbond substituents is 1. The molecule has 2 aromatic rings. The monoisotopic (exact) mass is 338 g/mol. The van der Waals surface area contributed by atoms with Crippen molar-refractivity contribution in [3.63, 3.8) is 0 Å². The first-order valence-corrected chi connectivity index (χ1v) is 8.68. The summed E-state index contributed by atoms with van der Waals surface area (Å²) >= 11 is 0. The summed E-state index contributed by atoms with van der Waals surface area (Å²) in [4.78, 5) is 12.6. The van der Waals surface area contributed by atoms with Gasteiger partial charge in [-0.25, -0.2) is 0 Å². The molecule has 3 heteroatoms. The van der Waals surface area contributed by atoms with E-state index < -0.39 is 5.92 Å². The van der Waals surface area contributed by atoms with Crippen LogP contribution >= 0.6 is 0 Å². The Labute approximate surface area is 149 Å². The van der Waals surface area contributed by atoms with E-state index in [4.69, 9.17) is 4.74 Å². The molecule has 25 heavy (non-hydrogen) atoms. The second kappa shape index (κ2) is 5.62. The van der Waals surface area contributed by atoms with Crippen LogP contribution in [0.25, 0.3) is 0 Å². The fourth-order valence-electron chi connectivity index (χ4n) is 3.17. The molecule has 0 saturated heterocycles. The molecule has 1 unspecified atom stereocenters. The molecule has 0 bridgehead atoms. The fraction of sp³-hybridized carbons (Fsp3) is 0.409. The van der Waals surface area contributed by atoms with Crippen molar-refractivity contribution in [1.29, 1.82) is 0 Å². The van der Waals surface area contributed by atoms with E-state index in [1.54, 1.807) is 6.07 Å². The van der Waals surface area contributed by atoms with Crippen LogP contribution in [0.15, 0.2) is 36.4 Å². The molecule has 1 heterocycles. The summed E-state index contributed by atoms with van der Waals surface area (Å²) in [6.07, 6.45) is 0. The third-order valence-corrected chi connectivity index (χ3v) is 4.84. The van der Waals surface area contributed by atoms with Crippen molar-refractivity contribution in [2.45, 2.75) is 58.3 Å². The molecule has 1 aliphatic rings. The normalized spacial score (nSPS) is 17.4. The zero-order valence-electron chi connectivity index (χ0n) is 15.8. The molecule has 0 saturated carbocycles. The van der Waals surface area contributed by atoms with Gasteiger partial charge in [0.05, 0.1) is 0 Å². The Bertz CT molecular complexity index is 835. The second-order valence-corrected chi connectivity index (χ2v) is 8.88. The number of esters is 1. The molecule has 1 atom stereocenters. The lowest BCUT2D eigenvalue weighted by Crippen LogP contribution is -2.16. The number of carbonyl (C=O) groups excluding carboxylic acids is 1. The summed E-state index contributed by atoms with van der Waals surface area (Å²) in [6, 6.07) is 11.4. The predicted molar refractivity (Wildman–Crippen MR) is 99.4 cm³/mol. The molecule has 2 aromatic carbocycles. The Morgan fingerprint density at radius 1 is 0.840 bits per heavy atom. The van der Waals surface area contributed by atoms with Crippen LogP contribution in [0.4, 0.5) is 0 Å². The van der Waals surface area contributed by atoms with Crippen LogP contribution in [0.3, 0.4) is 0 Å². The molecule has 3 nitrogen and oxygen atoms in total. The van der Waals surface area contributed by atoms with E-state index >= 15 is 0 Å². The summed E-state index contributed by atoms with van der Waals surface area (Å²) in [5.74, 6) is -0.199. The summed E-state index contributed by atoms with van der Waals surface area (Å²) in [7, 11) is 0. The largest absolute Gasteiger partial charge is 0.508 e. The van der Waals surface area contributed by atoms with Crippen molar-refractivity contribution in [3.05, 3.63) is 58.7 Å². The third-order valence-electron chi connectivity index (χ3n) is 4.84. The van der Waals surface area contributed by atoms with Gasteiger partial charge in [0.15, 0.2) is 0 Å². The SMILES string of the molecule is CC(C)(C)c1ccc(O)c(C2C(=O)Oc3ccc(C(C)(C)C)cc32)c1. The first-order chi connectivity index (χ1) is 11.5. The van der Waals surface area contributed by atoms with Crippen LogP contribution in [0.2, 0.25) is 0 Å². The standard InChI is InChI=1S/C22H26O3/c1-21(2,3)13-7-9-17(23)15(11-13)19-16-12-14(22(4,5)6)8-10-18(16)25-20(19)24/h7-12,19,23H,1-6H3. The first kappa shape index (κ1) is 17.5. The van der Waals surface area contributed by atoms with E-state index in [0.717, 1.165) is 16.7 Å². The molecular weight excluding hydrogens is 312 g/mol. The lowest BCUT2D eigenvalue weighted by atomic mass is 9.81. The quantitative estimate of drug-likeness (QED) is 0.585. The third kappa shape index (κ3) is 3.15. The molecule has 132 valence electrons. The number of ether oxygens (including phenoxy) is 1. The van der Waals surface area contributed by atoms with Gasteiger partial charge in [-0.15, -0.1) is 0 Å². The summed E-state index contributed by atoms with van der Waals surface area (Å²) in [6.45, 7) is 12.8. The Morgan fingerprint density at radius 3 is 1.92 bits per heavy atom. The van der Waals surface area contributed by atoms with Crippen LogP contribution in [0, 0.1) is 0 Å². The number of carbonyl (C=O) groups is 1. The molecule has 1 N–H and O–H groups in total. The first-order valence-electron chi connectivity index (χ1n) is 8.68. The number of fused-ring (bicyclic) bond motifs is 1. The van der Waals surface area contributed by atoms with Gasteiger partial charge in [-0.05, 0) is 34.1 Å². The van der Waals surface area contributed by atoms with Crippen molar-refractivity contribution in [1.82, 2.24) is 0 Å². The molecule has 0 aromatic heterocycles. The number of aromatic hydroxyl groups is 1.